The minimum atomic E-state index is -1.16. The lowest BCUT2D eigenvalue weighted by molar-refractivity contribution is -0.130. The van der Waals surface area contributed by atoms with Crippen molar-refractivity contribution in [1.82, 2.24) is 9.55 Å². The predicted octanol–water partition coefficient (Wildman–Crippen LogP) is 6.36. The van der Waals surface area contributed by atoms with Gasteiger partial charge in [-0.15, -0.1) is 11.3 Å². The average Bonchev–Trinajstić information content (AvgIpc) is 3.39. The summed E-state index contributed by atoms with van der Waals surface area (Å²) in [6, 6.07) is 6.64. The van der Waals surface area contributed by atoms with E-state index >= 15 is 0 Å². The molecule has 6 nitrogen and oxygen atoms in total. The maximum Gasteiger partial charge on any atom is 0.337 e. The van der Waals surface area contributed by atoms with Gasteiger partial charge in [0, 0.05) is 11.3 Å². The molecule has 0 radical (unpaired) electrons. The van der Waals surface area contributed by atoms with Gasteiger partial charge in [-0.1, -0.05) is 48.7 Å². The Morgan fingerprint density at radius 2 is 1.91 bits per heavy atom. The number of aromatic nitrogens is 2. The smallest absolute Gasteiger partial charge is 0.337 e. The number of unbranched alkanes of at least 4 members (excludes halogenated alkanes) is 1. The molecular formula is C23H22Cl2N2O4S. The normalized spacial score (nSPS) is 12.0. The van der Waals surface area contributed by atoms with Crippen molar-refractivity contribution in [3.8, 4) is 0 Å². The summed E-state index contributed by atoms with van der Waals surface area (Å²) < 4.78 is 1.93. The molecule has 3 aromatic rings. The van der Waals surface area contributed by atoms with Crippen LogP contribution < -0.4 is 0 Å². The zero-order chi connectivity index (χ0) is 23.4. The second-order valence-electron chi connectivity index (χ2n) is 7.24. The molecule has 2 N–H and O–H groups in total. The van der Waals surface area contributed by atoms with Gasteiger partial charge >= 0.3 is 11.9 Å². The topological polar surface area (TPSA) is 92.4 Å². The molecule has 0 atom stereocenters. The number of carboxylic acids is 2. The molecule has 0 fully saturated rings. The van der Waals surface area contributed by atoms with E-state index in [2.05, 4.69) is 11.9 Å². The first-order valence-electron chi connectivity index (χ1n) is 9.99. The second-order valence-corrected chi connectivity index (χ2v) is 8.94. The number of aromatic carboxylic acids is 1. The molecule has 0 saturated heterocycles. The second kappa shape index (κ2) is 10.3. The van der Waals surface area contributed by atoms with Crippen LogP contribution in [-0.4, -0.2) is 31.7 Å². The summed E-state index contributed by atoms with van der Waals surface area (Å²) in [4.78, 5) is 28.7. The van der Waals surface area contributed by atoms with Gasteiger partial charge in [-0.3, -0.25) is 0 Å². The highest BCUT2D eigenvalue weighted by Crippen LogP contribution is 2.33. The number of rotatable bonds is 9. The molecule has 0 saturated carbocycles. The van der Waals surface area contributed by atoms with Crippen molar-refractivity contribution in [3.63, 3.8) is 0 Å². The number of imidazole rings is 1. The lowest BCUT2D eigenvalue weighted by Crippen LogP contribution is -2.11. The first-order chi connectivity index (χ1) is 15.3. The number of hydrogen-bond donors (Lipinski definition) is 2. The Morgan fingerprint density at radius 1 is 1.16 bits per heavy atom. The molecule has 0 aliphatic carbocycles. The van der Waals surface area contributed by atoms with Crippen LogP contribution in [0.25, 0.3) is 11.1 Å². The number of aliphatic carboxylic acids is 1. The maximum absolute atomic E-state index is 12.1. The van der Waals surface area contributed by atoms with Crippen molar-refractivity contribution in [3.05, 3.63) is 73.4 Å². The Kier molecular flexibility index (Phi) is 7.77. The van der Waals surface area contributed by atoms with E-state index in [1.165, 1.54) is 17.4 Å². The number of aryl methyl sites for hydroxylation is 1. The molecule has 32 heavy (non-hydrogen) atoms. The van der Waals surface area contributed by atoms with Gasteiger partial charge in [0.05, 0.1) is 39.6 Å². The van der Waals surface area contributed by atoms with Crippen LogP contribution in [0.2, 0.25) is 10.0 Å². The summed E-state index contributed by atoms with van der Waals surface area (Å²) in [5, 5.41) is 21.1. The number of hydrogen-bond acceptors (Lipinski definition) is 4. The molecule has 2 aromatic heterocycles. The molecule has 0 bridgehead atoms. The van der Waals surface area contributed by atoms with Crippen LogP contribution >= 0.6 is 34.5 Å². The largest absolute Gasteiger partial charge is 0.478 e. The zero-order valence-corrected chi connectivity index (χ0v) is 19.9. The molecule has 0 unspecified atom stereocenters. The van der Waals surface area contributed by atoms with Crippen LogP contribution in [0.5, 0.6) is 0 Å². The van der Waals surface area contributed by atoms with Crippen LogP contribution in [0.3, 0.4) is 0 Å². The van der Waals surface area contributed by atoms with Crippen LogP contribution in [0.15, 0.2) is 35.8 Å². The number of nitrogens with zero attached hydrogens (tertiary/aromatic N) is 2. The number of thiophene rings is 1. The summed E-state index contributed by atoms with van der Waals surface area (Å²) in [7, 11) is 0. The summed E-state index contributed by atoms with van der Waals surface area (Å²) in [5.41, 5.74) is 2.02. The lowest BCUT2D eigenvalue weighted by atomic mass is 10.0. The van der Waals surface area contributed by atoms with Crippen LogP contribution in [0.4, 0.5) is 0 Å². The monoisotopic (exact) mass is 492 g/mol. The Hall–Kier alpha value is -2.61. The minimum absolute atomic E-state index is 0.0227. The fourth-order valence-electron chi connectivity index (χ4n) is 3.47. The van der Waals surface area contributed by atoms with Gasteiger partial charge in [-0.2, -0.15) is 0 Å². The summed E-state index contributed by atoms with van der Waals surface area (Å²) in [5.74, 6) is -1.37. The number of benzene rings is 1. The Morgan fingerprint density at radius 3 is 2.50 bits per heavy atom. The summed E-state index contributed by atoms with van der Waals surface area (Å²) in [6.45, 7) is 4.13. The average molecular weight is 493 g/mol. The molecule has 0 spiro atoms. The Bertz CT molecular complexity index is 1180. The number of allylic oxidation sites excluding steroid dienone is 1. The van der Waals surface area contributed by atoms with Crippen molar-refractivity contribution in [1.29, 1.82) is 0 Å². The number of halogens is 2. The third kappa shape index (κ3) is 4.90. The van der Waals surface area contributed by atoms with Gasteiger partial charge < -0.3 is 14.8 Å². The van der Waals surface area contributed by atoms with Gasteiger partial charge in [0.2, 0.25) is 0 Å². The molecule has 0 aliphatic heterocycles. The third-order valence-corrected chi connectivity index (χ3v) is 6.96. The van der Waals surface area contributed by atoms with Crippen molar-refractivity contribution in [2.45, 2.75) is 39.7 Å². The highest BCUT2D eigenvalue weighted by molar-refractivity contribution is 7.11. The summed E-state index contributed by atoms with van der Waals surface area (Å²) >= 11 is 14.0. The molecule has 9 heteroatoms. The lowest BCUT2D eigenvalue weighted by Gasteiger charge is -2.16. The van der Waals surface area contributed by atoms with E-state index in [1.807, 2.05) is 16.0 Å². The highest BCUT2D eigenvalue weighted by Gasteiger charge is 2.22. The molecule has 3 rings (SSSR count). The van der Waals surface area contributed by atoms with Crippen molar-refractivity contribution < 1.29 is 19.8 Å². The molecule has 1 aromatic carbocycles. The molecule has 0 amide bonds. The SMILES string of the molecule is CCCCc1ncc(/C(C)=C(\C(=O)O)c2cccs2)n1Cc1ccc(C(=O)O)c(Cl)c1Cl. The van der Waals surface area contributed by atoms with Crippen LogP contribution in [0, 0.1) is 0 Å². The highest BCUT2D eigenvalue weighted by atomic mass is 35.5. The first-order valence-corrected chi connectivity index (χ1v) is 11.6. The number of carboxylic acid groups (broad SMARTS) is 2. The number of carbonyl (C=O) groups is 2. The Labute approximate surface area is 199 Å². The van der Waals surface area contributed by atoms with E-state index in [-0.39, 0.29) is 27.7 Å². The van der Waals surface area contributed by atoms with E-state index in [1.54, 1.807) is 25.3 Å². The van der Waals surface area contributed by atoms with Crippen molar-refractivity contribution in [2.75, 3.05) is 0 Å². The van der Waals surface area contributed by atoms with Gasteiger partial charge in [-0.05, 0) is 42.0 Å². The Balaban J connectivity index is 2.14. The van der Waals surface area contributed by atoms with Gasteiger partial charge in [0.15, 0.2) is 0 Å². The zero-order valence-electron chi connectivity index (χ0n) is 17.6. The first kappa shape index (κ1) is 24.0. The quantitative estimate of drug-likeness (QED) is 0.339. The minimum Gasteiger partial charge on any atom is -0.478 e. The molecule has 168 valence electrons. The van der Waals surface area contributed by atoms with Crippen molar-refractivity contribution >= 4 is 57.6 Å². The fourth-order valence-corrected chi connectivity index (χ4v) is 4.78. The van der Waals surface area contributed by atoms with Crippen LogP contribution in [-0.2, 0) is 17.8 Å². The maximum atomic E-state index is 12.1. The molecule has 2 heterocycles. The standard InChI is InChI=1S/C23H22Cl2N2O4S/c1-3-4-7-18-26-11-16(13(2)19(23(30)31)17-6-5-10-32-17)27(18)12-14-8-9-15(22(28)29)21(25)20(14)24/h5-6,8-11H,3-4,7,12H2,1-2H3,(H,28,29)(H,30,31)/b19-13-. The van der Waals surface area contributed by atoms with E-state index in [0.29, 0.717) is 28.1 Å². The third-order valence-electron chi connectivity index (χ3n) is 5.15. The van der Waals surface area contributed by atoms with Crippen LogP contribution in [0.1, 0.15) is 59.0 Å². The summed E-state index contributed by atoms with van der Waals surface area (Å²) in [6.07, 6.45) is 4.29. The predicted molar refractivity (Wildman–Crippen MR) is 128 cm³/mol. The fraction of sp³-hybridized carbons (Fsp3) is 0.261. The van der Waals surface area contributed by atoms with E-state index in [4.69, 9.17) is 23.2 Å². The van der Waals surface area contributed by atoms with Gasteiger partial charge in [0.25, 0.3) is 0 Å². The van der Waals surface area contributed by atoms with Crippen molar-refractivity contribution in [2.24, 2.45) is 0 Å². The van der Waals surface area contributed by atoms with E-state index in [0.717, 1.165) is 18.7 Å². The molecular weight excluding hydrogens is 471 g/mol. The van der Waals surface area contributed by atoms with E-state index < -0.39 is 11.9 Å². The van der Waals surface area contributed by atoms with Gasteiger partial charge in [-0.25, -0.2) is 14.6 Å². The van der Waals surface area contributed by atoms with Gasteiger partial charge in [0.1, 0.15) is 5.82 Å². The molecule has 0 aliphatic rings. The van der Waals surface area contributed by atoms with E-state index in [9.17, 15) is 19.8 Å².